The number of unbranched alkanes of at least 4 members (excludes halogenated alkanes) is 4. The van der Waals surface area contributed by atoms with Crippen LogP contribution in [0.25, 0.3) is 0 Å². The highest BCUT2D eigenvalue weighted by Gasteiger charge is 2.02. The molecule has 2 aromatic heterocycles. The summed E-state index contributed by atoms with van der Waals surface area (Å²) in [6, 6.07) is 11.6. The quantitative estimate of drug-likeness (QED) is 0.346. The predicted molar refractivity (Wildman–Crippen MR) is 107 cm³/mol. The van der Waals surface area contributed by atoms with Crippen LogP contribution in [0.5, 0.6) is 0 Å². The van der Waals surface area contributed by atoms with Gasteiger partial charge in [-0.05, 0) is 49.9 Å². The number of nitrogens with one attached hydrogen (secondary N) is 1. The molecule has 0 unspecified atom stereocenters. The molecule has 26 heavy (non-hydrogen) atoms. The van der Waals surface area contributed by atoms with E-state index in [0.717, 1.165) is 42.8 Å². The molecule has 0 aliphatic heterocycles. The van der Waals surface area contributed by atoms with Crippen molar-refractivity contribution in [2.75, 3.05) is 7.05 Å². The van der Waals surface area contributed by atoms with Gasteiger partial charge >= 0.3 is 0 Å². The minimum atomic E-state index is 0.0245. The molecule has 0 bridgehead atoms. The van der Waals surface area contributed by atoms with Crippen molar-refractivity contribution >= 4 is 11.7 Å². The Morgan fingerprint density at radius 3 is 1.88 bits per heavy atom. The van der Waals surface area contributed by atoms with Gasteiger partial charge < -0.3 is 11.5 Å². The Bertz CT molecular complexity index is 753. The SMILES string of the molecule is CN=C(N)c1cccc(CCCCCCCc2cccc(C(=N)N)n2)n1. The van der Waals surface area contributed by atoms with Gasteiger partial charge in [-0.2, -0.15) is 0 Å². The average Bonchev–Trinajstić information content (AvgIpc) is 2.67. The molecule has 0 aliphatic carbocycles. The summed E-state index contributed by atoms with van der Waals surface area (Å²) in [7, 11) is 1.68. The Balaban J connectivity index is 1.64. The standard InChI is InChI=1S/C20H28N6/c1-24-20(23)18-14-8-12-16(26-18)10-6-4-2-3-5-9-15-11-7-13-17(25-15)19(21)22/h7-8,11-14H,2-6,9-10H2,1H3,(H3,21,22)(H2,23,24). The second-order valence-electron chi connectivity index (χ2n) is 6.32. The van der Waals surface area contributed by atoms with Crippen LogP contribution in [0, 0.1) is 5.41 Å². The van der Waals surface area contributed by atoms with E-state index >= 15 is 0 Å². The van der Waals surface area contributed by atoms with E-state index in [1.807, 2.05) is 30.3 Å². The van der Waals surface area contributed by atoms with Gasteiger partial charge in [0, 0.05) is 18.4 Å². The third kappa shape index (κ3) is 6.27. The van der Waals surface area contributed by atoms with Crippen molar-refractivity contribution in [2.24, 2.45) is 16.5 Å². The van der Waals surface area contributed by atoms with E-state index < -0.39 is 0 Å². The van der Waals surface area contributed by atoms with Gasteiger partial charge in [0.2, 0.25) is 0 Å². The molecule has 2 heterocycles. The summed E-state index contributed by atoms with van der Waals surface area (Å²) >= 11 is 0. The zero-order valence-electron chi connectivity index (χ0n) is 15.4. The molecule has 0 atom stereocenters. The van der Waals surface area contributed by atoms with E-state index in [1.54, 1.807) is 13.1 Å². The number of aliphatic imine (C=N–C) groups is 1. The first-order valence-corrected chi connectivity index (χ1v) is 9.09. The summed E-state index contributed by atoms with van der Waals surface area (Å²) in [6.45, 7) is 0. The van der Waals surface area contributed by atoms with Crippen molar-refractivity contribution in [3.8, 4) is 0 Å². The summed E-state index contributed by atoms with van der Waals surface area (Å²) in [5, 5.41) is 7.44. The second kappa shape index (κ2) is 10.3. The Morgan fingerprint density at radius 2 is 1.35 bits per heavy atom. The third-order valence-corrected chi connectivity index (χ3v) is 4.26. The zero-order chi connectivity index (χ0) is 18.8. The number of rotatable bonds is 10. The fourth-order valence-corrected chi connectivity index (χ4v) is 2.79. The summed E-state index contributed by atoms with van der Waals surface area (Å²) in [6.07, 6.45) is 7.68. The van der Waals surface area contributed by atoms with Crippen molar-refractivity contribution in [3.05, 3.63) is 59.2 Å². The number of nitrogens with two attached hydrogens (primary N) is 2. The van der Waals surface area contributed by atoms with Crippen molar-refractivity contribution in [1.82, 2.24) is 9.97 Å². The normalized spacial score (nSPS) is 11.5. The Hall–Kier alpha value is -2.76. The lowest BCUT2D eigenvalue weighted by Gasteiger charge is -2.05. The van der Waals surface area contributed by atoms with Gasteiger partial charge in [0.1, 0.15) is 23.1 Å². The first-order chi connectivity index (χ1) is 12.6. The molecule has 0 aromatic carbocycles. The van der Waals surface area contributed by atoms with Crippen molar-refractivity contribution < 1.29 is 0 Å². The number of hydrogen-bond donors (Lipinski definition) is 3. The van der Waals surface area contributed by atoms with E-state index in [9.17, 15) is 0 Å². The average molecular weight is 352 g/mol. The first-order valence-electron chi connectivity index (χ1n) is 9.09. The second-order valence-corrected chi connectivity index (χ2v) is 6.32. The molecular weight excluding hydrogens is 324 g/mol. The maximum atomic E-state index is 7.44. The molecule has 0 saturated carbocycles. The number of aryl methyl sites for hydroxylation is 2. The molecule has 5 N–H and O–H groups in total. The summed E-state index contributed by atoms with van der Waals surface area (Å²) in [5.41, 5.74) is 14.7. The monoisotopic (exact) mass is 352 g/mol. The first kappa shape index (κ1) is 19.6. The number of pyridine rings is 2. The molecule has 0 amide bonds. The van der Waals surface area contributed by atoms with Gasteiger partial charge in [0.15, 0.2) is 0 Å². The predicted octanol–water partition coefficient (Wildman–Crippen LogP) is 2.83. The number of amidine groups is 2. The molecule has 2 aromatic rings. The minimum absolute atomic E-state index is 0.0245. The topological polar surface area (TPSA) is 114 Å². The van der Waals surface area contributed by atoms with Crippen LogP contribution in [-0.4, -0.2) is 28.7 Å². The van der Waals surface area contributed by atoms with Crippen LogP contribution >= 0.6 is 0 Å². The highest BCUT2D eigenvalue weighted by Crippen LogP contribution is 2.11. The lowest BCUT2D eigenvalue weighted by atomic mass is 10.1. The lowest BCUT2D eigenvalue weighted by Crippen LogP contribution is -2.15. The van der Waals surface area contributed by atoms with Crippen molar-refractivity contribution in [1.29, 1.82) is 5.41 Å². The van der Waals surface area contributed by atoms with E-state index in [-0.39, 0.29) is 5.84 Å². The Labute approximate surface area is 155 Å². The molecule has 0 saturated heterocycles. The molecule has 6 heteroatoms. The Kier molecular flexibility index (Phi) is 7.74. The van der Waals surface area contributed by atoms with Gasteiger partial charge in [-0.1, -0.05) is 31.4 Å². The molecule has 138 valence electrons. The summed E-state index contributed by atoms with van der Waals surface area (Å²) in [4.78, 5) is 12.9. The van der Waals surface area contributed by atoms with E-state index in [1.165, 1.54) is 19.3 Å². The van der Waals surface area contributed by atoms with Gasteiger partial charge in [0.05, 0.1) is 0 Å². The molecule has 0 aliphatic rings. The number of nitrogen functional groups attached to an aromatic ring is 1. The van der Waals surface area contributed by atoms with Crippen LogP contribution in [0.4, 0.5) is 0 Å². The molecule has 2 rings (SSSR count). The summed E-state index contributed by atoms with van der Waals surface area (Å²) in [5.74, 6) is 0.505. The minimum Gasteiger partial charge on any atom is -0.382 e. The largest absolute Gasteiger partial charge is 0.382 e. The van der Waals surface area contributed by atoms with E-state index in [4.69, 9.17) is 16.9 Å². The Morgan fingerprint density at radius 1 is 0.846 bits per heavy atom. The number of nitrogens with zero attached hydrogens (tertiary/aromatic N) is 3. The van der Waals surface area contributed by atoms with Crippen LogP contribution in [-0.2, 0) is 12.8 Å². The maximum absolute atomic E-state index is 7.44. The maximum Gasteiger partial charge on any atom is 0.144 e. The smallest absolute Gasteiger partial charge is 0.144 e. The molecule has 0 spiro atoms. The van der Waals surface area contributed by atoms with Crippen molar-refractivity contribution in [3.63, 3.8) is 0 Å². The molecular formula is C20H28N6. The van der Waals surface area contributed by atoms with Gasteiger partial charge in [-0.25, -0.2) is 9.97 Å². The van der Waals surface area contributed by atoms with Crippen LogP contribution in [0.1, 0.15) is 54.9 Å². The zero-order valence-corrected chi connectivity index (χ0v) is 15.4. The van der Waals surface area contributed by atoms with E-state index in [2.05, 4.69) is 15.0 Å². The number of hydrogen-bond acceptors (Lipinski definition) is 4. The third-order valence-electron chi connectivity index (χ3n) is 4.26. The van der Waals surface area contributed by atoms with Gasteiger partial charge in [-0.3, -0.25) is 10.4 Å². The van der Waals surface area contributed by atoms with Crippen LogP contribution in [0.2, 0.25) is 0 Å². The molecule has 6 nitrogen and oxygen atoms in total. The molecule has 0 radical (unpaired) electrons. The molecule has 0 fully saturated rings. The van der Waals surface area contributed by atoms with Crippen LogP contribution in [0.3, 0.4) is 0 Å². The fraction of sp³-hybridized carbons (Fsp3) is 0.400. The summed E-state index contributed by atoms with van der Waals surface area (Å²) < 4.78 is 0. The highest BCUT2D eigenvalue weighted by molar-refractivity contribution is 5.95. The van der Waals surface area contributed by atoms with E-state index in [0.29, 0.717) is 11.5 Å². The van der Waals surface area contributed by atoms with Crippen LogP contribution in [0.15, 0.2) is 41.4 Å². The highest BCUT2D eigenvalue weighted by atomic mass is 14.9. The van der Waals surface area contributed by atoms with Gasteiger partial charge in [0.25, 0.3) is 0 Å². The van der Waals surface area contributed by atoms with Gasteiger partial charge in [-0.15, -0.1) is 0 Å². The number of aromatic nitrogens is 2. The lowest BCUT2D eigenvalue weighted by molar-refractivity contribution is 0.607. The van der Waals surface area contributed by atoms with Crippen LogP contribution < -0.4 is 11.5 Å². The van der Waals surface area contributed by atoms with Crippen molar-refractivity contribution in [2.45, 2.75) is 44.9 Å². The fourth-order valence-electron chi connectivity index (χ4n) is 2.79.